The van der Waals surface area contributed by atoms with Crippen molar-refractivity contribution in [2.45, 2.75) is 52.6 Å². The normalized spacial score (nSPS) is 12.5. The van der Waals surface area contributed by atoms with E-state index in [0.29, 0.717) is 24.7 Å². The minimum atomic E-state index is -3.59. The van der Waals surface area contributed by atoms with Gasteiger partial charge in [0.1, 0.15) is 4.90 Å². The fourth-order valence-corrected chi connectivity index (χ4v) is 4.05. The predicted octanol–water partition coefficient (Wildman–Crippen LogP) is 2.02. The zero-order chi connectivity index (χ0) is 18.2. The Morgan fingerprint density at radius 1 is 1.17 bits per heavy atom. The maximum atomic E-state index is 12.9. The van der Waals surface area contributed by atoms with Crippen molar-refractivity contribution in [3.05, 3.63) is 28.8 Å². The molecule has 0 saturated carbocycles. The van der Waals surface area contributed by atoms with Crippen molar-refractivity contribution in [2.24, 2.45) is 13.0 Å². The summed E-state index contributed by atoms with van der Waals surface area (Å²) in [7, 11) is -0.135. The fourth-order valence-electron chi connectivity index (χ4n) is 2.74. The Bertz CT molecular complexity index is 833. The summed E-state index contributed by atoms with van der Waals surface area (Å²) in [5, 5.41) is 8.69. The first-order chi connectivity index (χ1) is 11.0. The van der Waals surface area contributed by atoms with Crippen LogP contribution in [-0.4, -0.2) is 39.3 Å². The summed E-state index contributed by atoms with van der Waals surface area (Å²) in [6, 6.07) is 0. The minimum Gasteiger partial charge on any atom is -0.272 e. The summed E-state index contributed by atoms with van der Waals surface area (Å²) in [6.45, 7) is 10.7. The summed E-state index contributed by atoms with van der Waals surface area (Å²) in [6.07, 6.45) is 1.63. The third-order valence-corrected chi connectivity index (χ3v) is 6.09. The molecule has 0 bridgehead atoms. The highest BCUT2D eigenvalue weighted by Crippen LogP contribution is 2.22. The molecule has 2 aromatic rings. The van der Waals surface area contributed by atoms with Crippen LogP contribution in [0.5, 0.6) is 0 Å². The molecule has 0 amide bonds. The molecule has 0 atom stereocenters. The predicted molar refractivity (Wildman–Crippen MR) is 93.1 cm³/mol. The molecular weight excluding hydrogens is 326 g/mol. The summed E-state index contributed by atoms with van der Waals surface area (Å²) in [5.74, 6) is 0.401. The average molecular weight is 353 g/mol. The van der Waals surface area contributed by atoms with Crippen LogP contribution in [0, 0.1) is 26.7 Å². The average Bonchev–Trinajstić information content (AvgIpc) is 2.93. The molecule has 24 heavy (non-hydrogen) atoms. The van der Waals surface area contributed by atoms with Gasteiger partial charge in [-0.2, -0.15) is 14.5 Å². The molecule has 2 heterocycles. The molecular formula is C16H27N5O2S. The van der Waals surface area contributed by atoms with Crippen molar-refractivity contribution in [1.82, 2.24) is 23.9 Å². The monoisotopic (exact) mass is 353 g/mol. The van der Waals surface area contributed by atoms with Gasteiger partial charge < -0.3 is 0 Å². The molecule has 0 aliphatic rings. The Labute approximate surface area is 144 Å². The third kappa shape index (κ3) is 3.54. The molecule has 0 aliphatic heterocycles. The molecule has 0 unspecified atom stereocenters. The summed E-state index contributed by atoms with van der Waals surface area (Å²) in [5.41, 5.74) is 3.30. The van der Waals surface area contributed by atoms with Gasteiger partial charge in [0.05, 0.1) is 11.4 Å². The van der Waals surface area contributed by atoms with E-state index in [9.17, 15) is 8.42 Å². The van der Waals surface area contributed by atoms with Crippen molar-refractivity contribution < 1.29 is 8.42 Å². The molecule has 0 spiro atoms. The molecule has 0 N–H and O–H groups in total. The summed E-state index contributed by atoms with van der Waals surface area (Å²) in [4.78, 5) is 0.268. The largest absolute Gasteiger partial charge is 0.272 e. The van der Waals surface area contributed by atoms with E-state index in [1.54, 1.807) is 29.5 Å². The lowest BCUT2D eigenvalue weighted by atomic mass is 10.2. The number of hydrogen-bond donors (Lipinski definition) is 0. The Balaban J connectivity index is 2.31. The van der Waals surface area contributed by atoms with Crippen LogP contribution in [0.25, 0.3) is 0 Å². The number of nitrogens with zero attached hydrogens (tertiary/aromatic N) is 5. The molecule has 2 rings (SSSR count). The lowest BCUT2D eigenvalue weighted by Gasteiger charge is -2.17. The number of rotatable bonds is 6. The highest BCUT2D eigenvalue weighted by molar-refractivity contribution is 7.89. The van der Waals surface area contributed by atoms with E-state index >= 15 is 0 Å². The van der Waals surface area contributed by atoms with Gasteiger partial charge in [0.2, 0.25) is 10.0 Å². The van der Waals surface area contributed by atoms with E-state index in [1.165, 1.54) is 4.31 Å². The molecule has 0 radical (unpaired) electrons. The highest BCUT2D eigenvalue weighted by atomic mass is 32.2. The van der Waals surface area contributed by atoms with Crippen molar-refractivity contribution in [1.29, 1.82) is 0 Å². The Kier molecular flexibility index (Phi) is 5.19. The minimum absolute atomic E-state index is 0.268. The molecule has 2 aromatic heterocycles. The fraction of sp³-hybridized carbons (Fsp3) is 0.625. The van der Waals surface area contributed by atoms with Crippen LogP contribution in [0.3, 0.4) is 0 Å². The number of aromatic nitrogens is 4. The Morgan fingerprint density at radius 3 is 2.29 bits per heavy atom. The highest BCUT2D eigenvalue weighted by Gasteiger charge is 2.27. The first-order valence-corrected chi connectivity index (χ1v) is 9.47. The van der Waals surface area contributed by atoms with Crippen molar-refractivity contribution in [2.75, 3.05) is 7.05 Å². The van der Waals surface area contributed by atoms with Crippen LogP contribution in [0.15, 0.2) is 11.1 Å². The zero-order valence-corrected chi connectivity index (χ0v) is 16.3. The molecule has 0 aliphatic carbocycles. The van der Waals surface area contributed by atoms with Gasteiger partial charge in [-0.05, 0) is 26.7 Å². The molecule has 0 fully saturated rings. The van der Waals surface area contributed by atoms with Gasteiger partial charge in [-0.3, -0.25) is 9.36 Å². The van der Waals surface area contributed by atoms with Crippen LogP contribution < -0.4 is 0 Å². The smallest absolute Gasteiger partial charge is 0.246 e. The number of aryl methyl sites for hydroxylation is 3. The van der Waals surface area contributed by atoms with E-state index < -0.39 is 10.0 Å². The first-order valence-electron chi connectivity index (χ1n) is 8.03. The second kappa shape index (κ2) is 6.68. The lowest BCUT2D eigenvalue weighted by molar-refractivity contribution is 0.463. The molecule has 7 nitrogen and oxygen atoms in total. The number of hydrogen-bond acceptors (Lipinski definition) is 4. The third-order valence-electron chi connectivity index (χ3n) is 4.18. The topological polar surface area (TPSA) is 73.0 Å². The van der Waals surface area contributed by atoms with Gasteiger partial charge in [0, 0.05) is 44.6 Å². The van der Waals surface area contributed by atoms with E-state index in [-0.39, 0.29) is 4.90 Å². The molecule has 0 aromatic carbocycles. The van der Waals surface area contributed by atoms with Crippen LogP contribution in [0.2, 0.25) is 0 Å². The van der Waals surface area contributed by atoms with E-state index in [0.717, 1.165) is 17.0 Å². The standard InChI is InChI=1S/C16H27N5O2S/c1-11(2)8-21-10-16(13(4)18-21)24(22,23)19(6)9-15-12(3)17-20(7)14(15)5/h10-11H,8-9H2,1-7H3. The van der Waals surface area contributed by atoms with Crippen LogP contribution in [-0.2, 0) is 30.2 Å². The first kappa shape index (κ1) is 18.7. The summed E-state index contributed by atoms with van der Waals surface area (Å²) < 4.78 is 30.7. The Hall–Kier alpha value is -1.67. The Morgan fingerprint density at radius 2 is 1.79 bits per heavy atom. The molecule has 0 saturated heterocycles. The summed E-state index contributed by atoms with van der Waals surface area (Å²) >= 11 is 0. The second-order valence-electron chi connectivity index (χ2n) is 6.73. The zero-order valence-electron chi connectivity index (χ0n) is 15.5. The molecule has 134 valence electrons. The van der Waals surface area contributed by atoms with E-state index in [4.69, 9.17) is 0 Å². The van der Waals surface area contributed by atoms with Crippen molar-refractivity contribution >= 4 is 10.0 Å². The quantitative estimate of drug-likeness (QED) is 0.796. The van der Waals surface area contributed by atoms with Crippen LogP contribution in [0.1, 0.15) is 36.5 Å². The number of sulfonamides is 1. The van der Waals surface area contributed by atoms with Crippen molar-refractivity contribution in [3.8, 4) is 0 Å². The van der Waals surface area contributed by atoms with Crippen molar-refractivity contribution in [3.63, 3.8) is 0 Å². The molecule has 8 heteroatoms. The SMILES string of the molecule is Cc1nn(CC(C)C)cc1S(=O)(=O)N(C)Cc1c(C)nn(C)c1C. The van der Waals surface area contributed by atoms with Gasteiger partial charge in [0.15, 0.2) is 0 Å². The lowest BCUT2D eigenvalue weighted by Crippen LogP contribution is -2.27. The van der Waals surface area contributed by atoms with E-state index in [2.05, 4.69) is 24.0 Å². The van der Waals surface area contributed by atoms with Crippen LogP contribution in [0.4, 0.5) is 0 Å². The van der Waals surface area contributed by atoms with Gasteiger partial charge in [-0.15, -0.1) is 0 Å². The van der Waals surface area contributed by atoms with Gasteiger partial charge in [-0.25, -0.2) is 8.42 Å². The van der Waals surface area contributed by atoms with Gasteiger partial charge in [-0.1, -0.05) is 13.8 Å². The maximum Gasteiger partial charge on any atom is 0.246 e. The maximum absolute atomic E-state index is 12.9. The van der Waals surface area contributed by atoms with Crippen LogP contribution >= 0.6 is 0 Å². The van der Waals surface area contributed by atoms with E-state index in [1.807, 2.05) is 20.9 Å². The van der Waals surface area contributed by atoms with Gasteiger partial charge >= 0.3 is 0 Å². The van der Waals surface area contributed by atoms with Gasteiger partial charge in [0.25, 0.3) is 0 Å². The second-order valence-corrected chi connectivity index (χ2v) is 8.74.